The zero-order chi connectivity index (χ0) is 9.97. The molecule has 0 aliphatic carbocycles. The molecule has 0 aliphatic rings. The van der Waals surface area contributed by atoms with Crippen LogP contribution in [0.5, 0.6) is 0 Å². The SMILES string of the molecule is Cc1cnc(-c2cccc(C)c2)nc1. The van der Waals surface area contributed by atoms with Crippen molar-refractivity contribution in [2.24, 2.45) is 0 Å². The summed E-state index contributed by atoms with van der Waals surface area (Å²) in [7, 11) is 0. The Hall–Kier alpha value is -1.70. The quantitative estimate of drug-likeness (QED) is 0.681. The van der Waals surface area contributed by atoms with Gasteiger partial charge in [-0.3, -0.25) is 0 Å². The van der Waals surface area contributed by atoms with Gasteiger partial charge in [0.2, 0.25) is 0 Å². The molecule has 2 nitrogen and oxygen atoms in total. The zero-order valence-corrected chi connectivity index (χ0v) is 8.36. The first-order chi connectivity index (χ1) is 6.75. The topological polar surface area (TPSA) is 25.8 Å². The molecule has 0 aliphatic heterocycles. The van der Waals surface area contributed by atoms with Gasteiger partial charge in [-0.25, -0.2) is 9.97 Å². The molecule has 1 heterocycles. The minimum Gasteiger partial charge on any atom is -0.236 e. The molecule has 0 N–H and O–H groups in total. The molecule has 2 aromatic rings. The molecule has 1 aromatic heterocycles. The Morgan fingerprint density at radius 2 is 1.64 bits per heavy atom. The summed E-state index contributed by atoms with van der Waals surface area (Å²) in [6, 6.07) is 8.20. The molecule has 70 valence electrons. The van der Waals surface area contributed by atoms with Gasteiger partial charge in [0.15, 0.2) is 5.82 Å². The van der Waals surface area contributed by atoms with Gasteiger partial charge in [0.05, 0.1) is 0 Å². The summed E-state index contributed by atoms with van der Waals surface area (Å²) in [4.78, 5) is 8.56. The van der Waals surface area contributed by atoms with E-state index in [1.165, 1.54) is 5.56 Å². The summed E-state index contributed by atoms with van der Waals surface area (Å²) in [6.45, 7) is 4.05. The highest BCUT2D eigenvalue weighted by Crippen LogP contribution is 2.15. The highest BCUT2D eigenvalue weighted by atomic mass is 14.9. The van der Waals surface area contributed by atoms with Crippen molar-refractivity contribution in [2.45, 2.75) is 13.8 Å². The maximum atomic E-state index is 4.28. The number of hydrogen-bond donors (Lipinski definition) is 0. The van der Waals surface area contributed by atoms with Crippen LogP contribution in [0.15, 0.2) is 36.7 Å². The Kier molecular flexibility index (Phi) is 2.27. The molecule has 0 radical (unpaired) electrons. The van der Waals surface area contributed by atoms with E-state index in [2.05, 4.69) is 29.0 Å². The Labute approximate surface area is 83.7 Å². The summed E-state index contributed by atoms with van der Waals surface area (Å²) in [5, 5.41) is 0. The van der Waals surface area contributed by atoms with Crippen LogP contribution in [0, 0.1) is 13.8 Å². The van der Waals surface area contributed by atoms with Crippen LogP contribution in [-0.4, -0.2) is 9.97 Å². The standard InChI is InChI=1S/C12H12N2/c1-9-4-3-5-11(6-9)12-13-7-10(2)8-14-12/h3-8H,1-2H3. The average Bonchev–Trinajstić information content (AvgIpc) is 2.19. The number of aromatic nitrogens is 2. The predicted molar refractivity (Wildman–Crippen MR) is 56.9 cm³/mol. The minimum absolute atomic E-state index is 0.791. The van der Waals surface area contributed by atoms with Crippen molar-refractivity contribution in [3.05, 3.63) is 47.8 Å². The molecule has 0 unspecified atom stereocenters. The number of nitrogens with zero attached hydrogens (tertiary/aromatic N) is 2. The van der Waals surface area contributed by atoms with Crippen molar-refractivity contribution in [2.75, 3.05) is 0 Å². The first-order valence-corrected chi connectivity index (χ1v) is 4.61. The number of rotatable bonds is 1. The van der Waals surface area contributed by atoms with Gasteiger partial charge in [-0.1, -0.05) is 23.8 Å². The van der Waals surface area contributed by atoms with Crippen LogP contribution in [0.25, 0.3) is 11.4 Å². The van der Waals surface area contributed by atoms with Crippen LogP contribution in [-0.2, 0) is 0 Å². The molecule has 2 rings (SSSR count). The number of aryl methyl sites for hydroxylation is 2. The molecule has 0 atom stereocenters. The van der Waals surface area contributed by atoms with E-state index in [1.807, 2.05) is 31.5 Å². The Bertz CT molecular complexity index is 432. The minimum atomic E-state index is 0.791. The maximum Gasteiger partial charge on any atom is 0.159 e. The number of benzene rings is 1. The lowest BCUT2D eigenvalue weighted by molar-refractivity contribution is 1.14. The second-order valence-electron chi connectivity index (χ2n) is 3.45. The molecule has 0 fully saturated rings. The van der Waals surface area contributed by atoms with Crippen molar-refractivity contribution in [3.8, 4) is 11.4 Å². The van der Waals surface area contributed by atoms with Gasteiger partial charge in [-0.05, 0) is 25.5 Å². The fraction of sp³-hybridized carbons (Fsp3) is 0.167. The molecule has 0 bridgehead atoms. The van der Waals surface area contributed by atoms with E-state index in [0.29, 0.717) is 0 Å². The van der Waals surface area contributed by atoms with E-state index in [4.69, 9.17) is 0 Å². The van der Waals surface area contributed by atoms with Crippen LogP contribution < -0.4 is 0 Å². The third-order valence-electron chi connectivity index (χ3n) is 2.06. The maximum absolute atomic E-state index is 4.28. The second kappa shape index (κ2) is 3.58. The lowest BCUT2D eigenvalue weighted by Crippen LogP contribution is -1.89. The Morgan fingerprint density at radius 1 is 0.929 bits per heavy atom. The van der Waals surface area contributed by atoms with Crippen LogP contribution >= 0.6 is 0 Å². The van der Waals surface area contributed by atoms with Crippen molar-refractivity contribution in [3.63, 3.8) is 0 Å². The van der Waals surface area contributed by atoms with Gasteiger partial charge in [0.1, 0.15) is 0 Å². The molecule has 14 heavy (non-hydrogen) atoms. The monoisotopic (exact) mass is 184 g/mol. The summed E-state index contributed by atoms with van der Waals surface area (Å²) in [5.41, 5.74) is 3.39. The summed E-state index contributed by atoms with van der Waals surface area (Å²) in [5.74, 6) is 0.791. The van der Waals surface area contributed by atoms with E-state index >= 15 is 0 Å². The average molecular weight is 184 g/mol. The molecule has 1 aromatic carbocycles. The second-order valence-corrected chi connectivity index (χ2v) is 3.45. The van der Waals surface area contributed by atoms with E-state index in [-0.39, 0.29) is 0 Å². The molecule has 0 saturated carbocycles. The van der Waals surface area contributed by atoms with Crippen molar-refractivity contribution in [1.82, 2.24) is 9.97 Å². The van der Waals surface area contributed by atoms with Gasteiger partial charge in [-0.2, -0.15) is 0 Å². The molecule has 0 spiro atoms. The molecule has 0 saturated heterocycles. The fourth-order valence-corrected chi connectivity index (χ4v) is 1.33. The van der Waals surface area contributed by atoms with E-state index in [1.54, 1.807) is 0 Å². The van der Waals surface area contributed by atoms with E-state index < -0.39 is 0 Å². The molecule has 0 amide bonds. The highest BCUT2D eigenvalue weighted by Gasteiger charge is 1.99. The smallest absolute Gasteiger partial charge is 0.159 e. The van der Waals surface area contributed by atoms with Crippen LogP contribution in [0.3, 0.4) is 0 Å². The lowest BCUT2D eigenvalue weighted by Gasteiger charge is -2.00. The van der Waals surface area contributed by atoms with Crippen LogP contribution in [0.1, 0.15) is 11.1 Å². The lowest BCUT2D eigenvalue weighted by atomic mass is 10.1. The third-order valence-corrected chi connectivity index (χ3v) is 2.06. The van der Waals surface area contributed by atoms with Crippen LogP contribution in [0.4, 0.5) is 0 Å². The predicted octanol–water partition coefficient (Wildman–Crippen LogP) is 2.76. The highest BCUT2D eigenvalue weighted by molar-refractivity contribution is 5.55. The van der Waals surface area contributed by atoms with E-state index in [9.17, 15) is 0 Å². The summed E-state index contributed by atoms with van der Waals surface area (Å²) in [6.07, 6.45) is 3.68. The van der Waals surface area contributed by atoms with E-state index in [0.717, 1.165) is 17.0 Å². The first kappa shape index (κ1) is 8.88. The summed E-state index contributed by atoms with van der Waals surface area (Å²) >= 11 is 0. The molecular weight excluding hydrogens is 172 g/mol. The number of hydrogen-bond acceptors (Lipinski definition) is 2. The van der Waals surface area contributed by atoms with Gasteiger partial charge < -0.3 is 0 Å². The normalized spacial score (nSPS) is 10.1. The third kappa shape index (κ3) is 1.79. The molecular formula is C12H12N2. The van der Waals surface area contributed by atoms with Gasteiger partial charge in [0, 0.05) is 18.0 Å². The summed E-state index contributed by atoms with van der Waals surface area (Å²) < 4.78 is 0. The van der Waals surface area contributed by atoms with Gasteiger partial charge >= 0.3 is 0 Å². The van der Waals surface area contributed by atoms with Crippen molar-refractivity contribution < 1.29 is 0 Å². The zero-order valence-electron chi connectivity index (χ0n) is 8.36. The fourth-order valence-electron chi connectivity index (χ4n) is 1.33. The molecule has 2 heteroatoms. The van der Waals surface area contributed by atoms with Gasteiger partial charge in [0.25, 0.3) is 0 Å². The van der Waals surface area contributed by atoms with Crippen molar-refractivity contribution in [1.29, 1.82) is 0 Å². The first-order valence-electron chi connectivity index (χ1n) is 4.61. The Balaban J connectivity index is 2.44. The largest absolute Gasteiger partial charge is 0.236 e. The van der Waals surface area contributed by atoms with Crippen LogP contribution in [0.2, 0.25) is 0 Å². The van der Waals surface area contributed by atoms with Crippen molar-refractivity contribution >= 4 is 0 Å². The Morgan fingerprint density at radius 3 is 2.29 bits per heavy atom. The van der Waals surface area contributed by atoms with Gasteiger partial charge in [-0.15, -0.1) is 0 Å².